The van der Waals surface area contributed by atoms with Crippen LogP contribution in [-0.2, 0) is 11.3 Å². The van der Waals surface area contributed by atoms with Crippen LogP contribution in [0, 0.1) is 0 Å². The molecule has 0 saturated carbocycles. The number of carbonyl (C=O) groups is 1. The molecule has 0 bridgehead atoms. The van der Waals surface area contributed by atoms with Crippen LogP contribution in [0.25, 0.3) is 0 Å². The summed E-state index contributed by atoms with van der Waals surface area (Å²) in [6, 6.07) is 2.86. The van der Waals surface area contributed by atoms with Crippen molar-refractivity contribution in [3.8, 4) is 0 Å². The Morgan fingerprint density at radius 2 is 2.14 bits per heavy atom. The number of rotatable bonds is 4. The van der Waals surface area contributed by atoms with Crippen LogP contribution in [0.5, 0.6) is 0 Å². The number of alkyl halides is 2. The van der Waals surface area contributed by atoms with Gasteiger partial charge in [0.1, 0.15) is 5.82 Å². The van der Waals surface area contributed by atoms with E-state index in [1.54, 1.807) is 6.20 Å². The molecule has 126 valence electrons. The zero-order chi connectivity index (χ0) is 14.8. The van der Waals surface area contributed by atoms with Gasteiger partial charge in [0.05, 0.1) is 12.6 Å². The Kier molecular flexibility index (Phi) is 8.00. The zero-order valence-corrected chi connectivity index (χ0v) is 13.9. The number of halogens is 4. The minimum absolute atomic E-state index is 0. The molecule has 2 N–H and O–H groups in total. The van der Waals surface area contributed by atoms with Crippen LogP contribution in [0.2, 0.25) is 0 Å². The van der Waals surface area contributed by atoms with E-state index >= 15 is 0 Å². The summed E-state index contributed by atoms with van der Waals surface area (Å²) >= 11 is 0. The second-order valence-electron chi connectivity index (χ2n) is 5.13. The molecule has 0 aliphatic carbocycles. The summed E-state index contributed by atoms with van der Waals surface area (Å²) in [5, 5.41) is 5.16. The van der Waals surface area contributed by atoms with Crippen LogP contribution >= 0.6 is 24.8 Å². The molecule has 0 spiro atoms. The molecule has 2 heterocycles. The molecule has 1 aromatic heterocycles. The maximum absolute atomic E-state index is 13.0. The van der Waals surface area contributed by atoms with Gasteiger partial charge in [-0.3, -0.25) is 10.1 Å². The van der Waals surface area contributed by atoms with E-state index in [2.05, 4.69) is 15.6 Å². The molecule has 1 saturated heterocycles. The van der Waals surface area contributed by atoms with Gasteiger partial charge in [0.25, 0.3) is 5.92 Å². The monoisotopic (exact) mass is 356 g/mol. The SMILES string of the molecule is CN(C)c1ccc(CNC(=O)C2CC(F)(F)CN2)cn1.Cl.Cl. The van der Waals surface area contributed by atoms with Crippen LogP contribution in [0.4, 0.5) is 14.6 Å². The number of hydrogen-bond acceptors (Lipinski definition) is 4. The molecule has 22 heavy (non-hydrogen) atoms. The minimum Gasteiger partial charge on any atom is -0.363 e. The Hall–Kier alpha value is -1.18. The van der Waals surface area contributed by atoms with Gasteiger partial charge in [0.2, 0.25) is 5.91 Å². The third-order valence-corrected chi connectivity index (χ3v) is 3.16. The largest absolute Gasteiger partial charge is 0.363 e. The smallest absolute Gasteiger partial charge is 0.262 e. The fourth-order valence-corrected chi connectivity index (χ4v) is 2.00. The summed E-state index contributed by atoms with van der Waals surface area (Å²) in [4.78, 5) is 17.8. The second kappa shape index (κ2) is 8.45. The van der Waals surface area contributed by atoms with Gasteiger partial charge in [-0.25, -0.2) is 13.8 Å². The normalized spacial score (nSPS) is 18.8. The summed E-state index contributed by atoms with van der Waals surface area (Å²) in [6.07, 6.45) is 1.21. The van der Waals surface area contributed by atoms with E-state index in [4.69, 9.17) is 0 Å². The molecular weight excluding hydrogens is 337 g/mol. The van der Waals surface area contributed by atoms with Gasteiger partial charge in [0, 0.05) is 33.3 Å². The van der Waals surface area contributed by atoms with Crippen molar-refractivity contribution < 1.29 is 13.6 Å². The molecule has 9 heteroatoms. The topological polar surface area (TPSA) is 57.3 Å². The molecule has 1 fully saturated rings. The fraction of sp³-hybridized carbons (Fsp3) is 0.538. The quantitative estimate of drug-likeness (QED) is 0.860. The summed E-state index contributed by atoms with van der Waals surface area (Å²) in [5.41, 5.74) is 0.828. The van der Waals surface area contributed by atoms with Crippen LogP contribution in [0.3, 0.4) is 0 Å². The second-order valence-corrected chi connectivity index (χ2v) is 5.13. The first kappa shape index (κ1) is 20.8. The number of nitrogens with one attached hydrogen (secondary N) is 2. The molecule has 1 atom stereocenters. The molecule has 1 aliphatic rings. The number of hydrogen-bond donors (Lipinski definition) is 2. The number of aromatic nitrogens is 1. The van der Waals surface area contributed by atoms with E-state index in [0.717, 1.165) is 11.4 Å². The number of anilines is 1. The molecule has 1 amide bonds. The standard InChI is InChI=1S/C13H18F2N4O.2ClH/c1-19(2)11-4-3-9(6-16-11)7-17-12(20)10-5-13(14,15)8-18-10;;/h3-4,6,10,18H,5,7-8H2,1-2H3,(H,17,20);2*1H. The van der Waals surface area contributed by atoms with Gasteiger partial charge in [0.15, 0.2) is 0 Å². The Balaban J connectivity index is 0.00000220. The highest BCUT2D eigenvalue weighted by atomic mass is 35.5. The van der Waals surface area contributed by atoms with E-state index < -0.39 is 30.8 Å². The lowest BCUT2D eigenvalue weighted by Crippen LogP contribution is -2.40. The Labute approximate surface area is 140 Å². The molecule has 0 radical (unpaired) electrons. The van der Waals surface area contributed by atoms with Crippen LogP contribution < -0.4 is 15.5 Å². The lowest BCUT2D eigenvalue weighted by molar-refractivity contribution is -0.123. The Morgan fingerprint density at radius 3 is 2.59 bits per heavy atom. The highest BCUT2D eigenvalue weighted by Gasteiger charge is 2.42. The Bertz CT molecular complexity index is 485. The van der Waals surface area contributed by atoms with Crippen LogP contribution in [-0.4, -0.2) is 43.5 Å². The maximum Gasteiger partial charge on any atom is 0.262 e. The summed E-state index contributed by atoms with van der Waals surface area (Å²) in [6.45, 7) is -0.159. The van der Waals surface area contributed by atoms with E-state index in [0.29, 0.717) is 0 Å². The molecule has 5 nitrogen and oxygen atoms in total. The summed E-state index contributed by atoms with van der Waals surface area (Å²) < 4.78 is 26.0. The summed E-state index contributed by atoms with van der Waals surface area (Å²) in [5.74, 6) is -2.38. The third-order valence-electron chi connectivity index (χ3n) is 3.16. The highest BCUT2D eigenvalue weighted by Crippen LogP contribution is 2.25. The number of nitrogens with zero attached hydrogens (tertiary/aromatic N) is 2. The van der Waals surface area contributed by atoms with Crippen molar-refractivity contribution in [2.24, 2.45) is 0 Å². The van der Waals surface area contributed by atoms with Gasteiger partial charge in [-0.1, -0.05) is 6.07 Å². The van der Waals surface area contributed by atoms with E-state index in [1.165, 1.54) is 0 Å². The molecular formula is C13H20Cl2F2N4O. The van der Waals surface area contributed by atoms with Crippen molar-refractivity contribution in [3.05, 3.63) is 23.9 Å². The van der Waals surface area contributed by atoms with Crippen molar-refractivity contribution in [3.63, 3.8) is 0 Å². The number of carbonyl (C=O) groups excluding carboxylic acids is 1. The van der Waals surface area contributed by atoms with Crippen LogP contribution in [0.15, 0.2) is 18.3 Å². The van der Waals surface area contributed by atoms with Crippen LogP contribution in [0.1, 0.15) is 12.0 Å². The van der Waals surface area contributed by atoms with Gasteiger partial charge >= 0.3 is 0 Å². The number of pyridine rings is 1. The predicted molar refractivity (Wildman–Crippen MR) is 86.3 cm³/mol. The molecule has 1 aromatic rings. The maximum atomic E-state index is 13.0. The molecule has 0 aromatic carbocycles. The van der Waals surface area contributed by atoms with Gasteiger partial charge in [-0.15, -0.1) is 24.8 Å². The summed E-state index contributed by atoms with van der Waals surface area (Å²) in [7, 11) is 3.77. The number of amides is 1. The highest BCUT2D eigenvalue weighted by molar-refractivity contribution is 5.85. The first-order valence-corrected chi connectivity index (χ1v) is 6.38. The lowest BCUT2D eigenvalue weighted by Gasteiger charge is -2.13. The van der Waals surface area contributed by atoms with E-state index in [-0.39, 0.29) is 31.4 Å². The van der Waals surface area contributed by atoms with Gasteiger partial charge in [-0.05, 0) is 11.6 Å². The van der Waals surface area contributed by atoms with Crippen molar-refractivity contribution >= 4 is 36.5 Å². The molecule has 2 rings (SSSR count). The van der Waals surface area contributed by atoms with Crippen molar-refractivity contribution in [2.45, 2.75) is 24.9 Å². The average Bonchev–Trinajstić information content (AvgIpc) is 2.77. The Morgan fingerprint density at radius 1 is 1.45 bits per heavy atom. The van der Waals surface area contributed by atoms with Crippen molar-refractivity contribution in [1.29, 1.82) is 0 Å². The predicted octanol–water partition coefficient (Wildman–Crippen LogP) is 1.60. The first-order valence-electron chi connectivity index (χ1n) is 6.38. The fourth-order valence-electron chi connectivity index (χ4n) is 2.00. The average molecular weight is 357 g/mol. The van der Waals surface area contributed by atoms with E-state index in [9.17, 15) is 13.6 Å². The third kappa shape index (κ3) is 5.55. The minimum atomic E-state index is -2.79. The molecule has 1 unspecified atom stereocenters. The van der Waals surface area contributed by atoms with Crippen molar-refractivity contribution in [2.75, 3.05) is 25.5 Å². The van der Waals surface area contributed by atoms with Gasteiger partial charge in [-0.2, -0.15) is 0 Å². The van der Waals surface area contributed by atoms with E-state index in [1.807, 2.05) is 31.1 Å². The van der Waals surface area contributed by atoms with Gasteiger partial charge < -0.3 is 10.2 Å². The zero-order valence-electron chi connectivity index (χ0n) is 12.3. The first-order chi connectivity index (χ1) is 9.37. The lowest BCUT2D eigenvalue weighted by atomic mass is 10.2. The van der Waals surface area contributed by atoms with Crippen molar-refractivity contribution in [1.82, 2.24) is 15.6 Å². The molecule has 1 aliphatic heterocycles.